The standard InChI is InChI=1S/C19H20N2O3S2/c1-11-4-5-12(2)15(8-11)20-26(23,24)17-7-6-16-19-14(17)9-18(22)21(19)10-13(3)25-16/h4-8,13,20H,9-10H2,1-3H3. The van der Waals surface area contributed by atoms with Crippen LogP contribution in [0.3, 0.4) is 0 Å². The van der Waals surface area contributed by atoms with E-state index in [2.05, 4.69) is 11.6 Å². The van der Waals surface area contributed by atoms with Crippen LogP contribution in [0.1, 0.15) is 23.6 Å². The lowest BCUT2D eigenvalue weighted by Gasteiger charge is -2.29. The molecule has 7 heteroatoms. The fourth-order valence-electron chi connectivity index (χ4n) is 3.53. The molecule has 2 aliphatic rings. The lowest BCUT2D eigenvalue weighted by Crippen LogP contribution is -2.35. The maximum Gasteiger partial charge on any atom is 0.262 e. The summed E-state index contributed by atoms with van der Waals surface area (Å²) >= 11 is 1.69. The lowest BCUT2D eigenvalue weighted by molar-refractivity contribution is -0.117. The predicted octanol–water partition coefficient (Wildman–Crippen LogP) is 3.49. The van der Waals surface area contributed by atoms with Crippen LogP contribution in [0.25, 0.3) is 0 Å². The van der Waals surface area contributed by atoms with Crippen molar-refractivity contribution in [3.05, 3.63) is 47.0 Å². The molecule has 2 aliphatic heterocycles. The molecule has 0 saturated heterocycles. The summed E-state index contributed by atoms with van der Waals surface area (Å²) in [4.78, 5) is 15.3. The zero-order chi connectivity index (χ0) is 18.6. The van der Waals surface area contributed by atoms with Crippen molar-refractivity contribution in [3.8, 4) is 0 Å². The number of thioether (sulfide) groups is 1. The Morgan fingerprint density at radius 1 is 1.19 bits per heavy atom. The number of anilines is 2. The predicted molar refractivity (Wildman–Crippen MR) is 105 cm³/mol. The largest absolute Gasteiger partial charge is 0.310 e. The number of sulfonamides is 1. The van der Waals surface area contributed by atoms with Gasteiger partial charge in [-0.2, -0.15) is 0 Å². The van der Waals surface area contributed by atoms with E-state index in [-0.39, 0.29) is 17.2 Å². The van der Waals surface area contributed by atoms with Crippen molar-refractivity contribution in [1.29, 1.82) is 0 Å². The summed E-state index contributed by atoms with van der Waals surface area (Å²) in [5, 5.41) is 0.299. The Morgan fingerprint density at radius 2 is 1.96 bits per heavy atom. The van der Waals surface area contributed by atoms with Crippen molar-refractivity contribution in [1.82, 2.24) is 0 Å². The molecule has 0 aromatic heterocycles. The molecule has 0 fully saturated rings. The second-order valence-electron chi connectivity index (χ2n) is 6.92. The Hall–Kier alpha value is -1.99. The third-order valence-electron chi connectivity index (χ3n) is 4.80. The van der Waals surface area contributed by atoms with Gasteiger partial charge < -0.3 is 4.90 Å². The number of amides is 1. The van der Waals surface area contributed by atoms with Crippen molar-refractivity contribution in [2.75, 3.05) is 16.2 Å². The summed E-state index contributed by atoms with van der Waals surface area (Å²) in [5.41, 5.74) is 3.80. The SMILES string of the molecule is Cc1ccc(C)c(NS(=O)(=O)c2ccc3c4c2CC(=O)N4CC(C)S3)c1. The molecule has 0 spiro atoms. The van der Waals surface area contributed by atoms with E-state index >= 15 is 0 Å². The average Bonchev–Trinajstić information content (AvgIpc) is 2.88. The van der Waals surface area contributed by atoms with E-state index in [1.165, 1.54) is 0 Å². The van der Waals surface area contributed by atoms with Gasteiger partial charge >= 0.3 is 0 Å². The molecular weight excluding hydrogens is 368 g/mol. The van der Waals surface area contributed by atoms with Gasteiger partial charge in [-0.3, -0.25) is 9.52 Å². The van der Waals surface area contributed by atoms with Gasteiger partial charge in [-0.25, -0.2) is 8.42 Å². The van der Waals surface area contributed by atoms with Crippen LogP contribution in [-0.2, 0) is 21.2 Å². The quantitative estimate of drug-likeness (QED) is 0.874. The molecule has 2 aromatic rings. The van der Waals surface area contributed by atoms with E-state index in [1.807, 2.05) is 38.1 Å². The summed E-state index contributed by atoms with van der Waals surface area (Å²) in [6, 6.07) is 9.11. The molecule has 2 heterocycles. The normalized spacial score (nSPS) is 18.8. The fourth-order valence-corrected chi connectivity index (χ4v) is 6.04. The van der Waals surface area contributed by atoms with Crippen LogP contribution in [0.4, 0.5) is 11.4 Å². The van der Waals surface area contributed by atoms with Gasteiger partial charge in [0.15, 0.2) is 0 Å². The summed E-state index contributed by atoms with van der Waals surface area (Å²) in [5.74, 6) is -0.0252. The zero-order valence-electron chi connectivity index (χ0n) is 14.9. The van der Waals surface area contributed by atoms with Crippen LogP contribution in [0.5, 0.6) is 0 Å². The Morgan fingerprint density at radius 3 is 2.73 bits per heavy atom. The number of nitrogens with zero attached hydrogens (tertiary/aromatic N) is 1. The maximum absolute atomic E-state index is 13.1. The van der Waals surface area contributed by atoms with Crippen molar-refractivity contribution in [3.63, 3.8) is 0 Å². The number of hydrogen-bond donors (Lipinski definition) is 1. The molecule has 136 valence electrons. The number of carbonyl (C=O) groups is 1. The van der Waals surface area contributed by atoms with Gasteiger partial charge in [0.25, 0.3) is 10.0 Å². The second kappa shape index (κ2) is 6.03. The van der Waals surface area contributed by atoms with E-state index < -0.39 is 10.0 Å². The van der Waals surface area contributed by atoms with Crippen molar-refractivity contribution in [2.24, 2.45) is 0 Å². The Labute approximate surface area is 157 Å². The van der Waals surface area contributed by atoms with Gasteiger partial charge in [0.05, 0.1) is 22.7 Å². The fraction of sp³-hybridized carbons (Fsp3) is 0.316. The van der Waals surface area contributed by atoms with Gasteiger partial charge in [-0.05, 0) is 43.2 Å². The van der Waals surface area contributed by atoms with E-state index in [9.17, 15) is 13.2 Å². The molecule has 5 nitrogen and oxygen atoms in total. The van der Waals surface area contributed by atoms with Crippen LogP contribution in [-0.4, -0.2) is 26.1 Å². The third-order valence-corrected chi connectivity index (χ3v) is 7.38. The number of aryl methyl sites for hydroxylation is 2. The molecule has 1 amide bonds. The molecule has 26 heavy (non-hydrogen) atoms. The summed E-state index contributed by atoms with van der Waals surface area (Å²) in [6.07, 6.45) is 0.138. The van der Waals surface area contributed by atoms with Crippen LogP contribution in [0.2, 0.25) is 0 Å². The highest BCUT2D eigenvalue weighted by Crippen LogP contribution is 2.46. The summed E-state index contributed by atoms with van der Waals surface area (Å²) in [6.45, 7) is 6.49. The first kappa shape index (κ1) is 17.4. The van der Waals surface area contributed by atoms with Crippen molar-refractivity contribution in [2.45, 2.75) is 42.2 Å². The first-order valence-corrected chi connectivity index (χ1v) is 10.9. The summed E-state index contributed by atoms with van der Waals surface area (Å²) < 4.78 is 28.8. The van der Waals surface area contributed by atoms with Gasteiger partial charge in [0, 0.05) is 22.3 Å². The number of nitrogens with one attached hydrogen (secondary N) is 1. The minimum Gasteiger partial charge on any atom is -0.310 e. The van der Waals surface area contributed by atoms with E-state index in [0.29, 0.717) is 23.0 Å². The first-order chi connectivity index (χ1) is 12.3. The Bertz CT molecular complexity index is 1030. The van der Waals surface area contributed by atoms with E-state index in [4.69, 9.17) is 0 Å². The summed E-state index contributed by atoms with van der Waals surface area (Å²) in [7, 11) is -3.78. The number of rotatable bonds is 3. The van der Waals surface area contributed by atoms with Crippen LogP contribution in [0.15, 0.2) is 40.1 Å². The molecular formula is C19H20N2O3S2. The maximum atomic E-state index is 13.1. The smallest absolute Gasteiger partial charge is 0.262 e. The minimum absolute atomic E-state index is 0.0252. The van der Waals surface area contributed by atoms with Gasteiger partial charge in [-0.15, -0.1) is 11.8 Å². The highest BCUT2D eigenvalue weighted by atomic mass is 32.2. The lowest BCUT2D eigenvalue weighted by atomic mass is 10.1. The third kappa shape index (κ3) is 2.79. The molecule has 2 aromatic carbocycles. The van der Waals surface area contributed by atoms with E-state index in [0.717, 1.165) is 21.7 Å². The molecule has 0 bridgehead atoms. The zero-order valence-corrected chi connectivity index (χ0v) is 16.5. The number of hydrogen-bond acceptors (Lipinski definition) is 4. The minimum atomic E-state index is -3.78. The molecule has 1 N–H and O–H groups in total. The van der Waals surface area contributed by atoms with Gasteiger partial charge in [0.2, 0.25) is 5.91 Å². The van der Waals surface area contributed by atoms with Crippen molar-refractivity contribution >= 4 is 39.1 Å². The van der Waals surface area contributed by atoms with Crippen LogP contribution in [0, 0.1) is 13.8 Å². The highest BCUT2D eigenvalue weighted by molar-refractivity contribution is 8.00. The molecule has 1 atom stereocenters. The van der Waals surface area contributed by atoms with Crippen LogP contribution < -0.4 is 9.62 Å². The highest BCUT2D eigenvalue weighted by Gasteiger charge is 2.38. The molecule has 0 saturated carbocycles. The van der Waals surface area contributed by atoms with Gasteiger partial charge in [-0.1, -0.05) is 19.1 Å². The number of carbonyl (C=O) groups excluding carboxylic acids is 1. The Kier molecular flexibility index (Phi) is 4.04. The van der Waals surface area contributed by atoms with E-state index in [1.54, 1.807) is 22.7 Å². The first-order valence-electron chi connectivity index (χ1n) is 8.49. The number of benzene rings is 2. The monoisotopic (exact) mass is 388 g/mol. The van der Waals surface area contributed by atoms with Gasteiger partial charge in [0.1, 0.15) is 0 Å². The van der Waals surface area contributed by atoms with Crippen LogP contribution >= 0.6 is 11.8 Å². The molecule has 0 aliphatic carbocycles. The van der Waals surface area contributed by atoms with Crippen molar-refractivity contribution < 1.29 is 13.2 Å². The second-order valence-corrected chi connectivity index (χ2v) is 10.1. The average molecular weight is 389 g/mol. The Balaban J connectivity index is 1.80. The molecule has 1 unspecified atom stereocenters. The molecule has 0 radical (unpaired) electrons. The molecule has 4 rings (SSSR count). The topological polar surface area (TPSA) is 66.5 Å².